The van der Waals surface area contributed by atoms with E-state index in [9.17, 15) is 9.18 Å². The summed E-state index contributed by atoms with van der Waals surface area (Å²) in [4.78, 5) is 11.2. The van der Waals surface area contributed by atoms with Crippen LogP contribution in [0.25, 0.3) is 0 Å². The molecular formula is C11H13ClFNOS. The molecule has 5 heteroatoms. The zero-order valence-corrected chi connectivity index (χ0v) is 10.7. The number of rotatable bonds is 4. The molecular weight excluding hydrogens is 249 g/mol. The molecule has 0 aliphatic rings. The second-order valence-electron chi connectivity index (χ2n) is 3.30. The van der Waals surface area contributed by atoms with Crippen LogP contribution in [0.4, 0.5) is 4.39 Å². The smallest absolute Gasteiger partial charge is 0.232 e. The number of halogens is 2. The van der Waals surface area contributed by atoms with Crippen LogP contribution < -0.4 is 5.32 Å². The van der Waals surface area contributed by atoms with Gasteiger partial charge in [-0.25, -0.2) is 4.39 Å². The molecule has 1 atom stereocenters. The molecule has 2 nitrogen and oxygen atoms in total. The second kappa shape index (κ2) is 6.11. The second-order valence-corrected chi connectivity index (χ2v) is 5.04. The third-order valence-electron chi connectivity index (χ3n) is 2.12. The maximum absolute atomic E-state index is 12.8. The summed E-state index contributed by atoms with van der Waals surface area (Å²) in [6.07, 6.45) is 0. The number of carbonyl (C=O) groups is 1. The van der Waals surface area contributed by atoms with Crippen LogP contribution in [0, 0.1) is 5.82 Å². The number of nitrogens with one attached hydrogen (secondary N) is 1. The van der Waals surface area contributed by atoms with Crippen molar-refractivity contribution in [1.29, 1.82) is 0 Å². The van der Waals surface area contributed by atoms with E-state index in [2.05, 4.69) is 5.32 Å². The molecule has 0 saturated carbocycles. The lowest BCUT2D eigenvalue weighted by molar-refractivity contribution is -0.119. The van der Waals surface area contributed by atoms with E-state index in [1.165, 1.54) is 23.9 Å². The van der Waals surface area contributed by atoms with Crippen LogP contribution in [-0.4, -0.2) is 18.2 Å². The van der Waals surface area contributed by atoms with E-state index < -0.39 is 0 Å². The molecule has 1 N–H and O–H groups in total. The first-order chi connectivity index (χ1) is 7.54. The van der Waals surface area contributed by atoms with Crippen LogP contribution in [0.2, 0.25) is 5.02 Å². The van der Waals surface area contributed by atoms with Crippen molar-refractivity contribution in [3.8, 4) is 0 Å². The Bertz CT molecular complexity index is 386. The lowest BCUT2D eigenvalue weighted by Gasteiger charge is -2.10. The molecule has 1 aromatic rings. The van der Waals surface area contributed by atoms with Crippen molar-refractivity contribution >= 4 is 29.3 Å². The molecule has 0 radical (unpaired) electrons. The molecule has 1 aromatic carbocycles. The van der Waals surface area contributed by atoms with Crippen LogP contribution in [0.1, 0.15) is 12.5 Å². The maximum Gasteiger partial charge on any atom is 0.232 e. The molecule has 16 heavy (non-hydrogen) atoms. The van der Waals surface area contributed by atoms with Crippen molar-refractivity contribution in [1.82, 2.24) is 5.32 Å². The Morgan fingerprint density at radius 1 is 1.62 bits per heavy atom. The zero-order valence-electron chi connectivity index (χ0n) is 9.09. The number of carbonyl (C=O) groups excluding carboxylic acids is 1. The summed E-state index contributed by atoms with van der Waals surface area (Å²) >= 11 is 7.34. The quantitative estimate of drug-likeness (QED) is 0.903. The predicted molar refractivity (Wildman–Crippen MR) is 66.2 cm³/mol. The van der Waals surface area contributed by atoms with Crippen molar-refractivity contribution in [2.75, 3.05) is 7.05 Å². The van der Waals surface area contributed by atoms with Gasteiger partial charge >= 0.3 is 0 Å². The van der Waals surface area contributed by atoms with Gasteiger partial charge in [0.2, 0.25) is 5.91 Å². The minimum atomic E-state index is -0.349. The van der Waals surface area contributed by atoms with Crippen LogP contribution in [-0.2, 0) is 10.5 Å². The van der Waals surface area contributed by atoms with Crippen molar-refractivity contribution in [2.24, 2.45) is 0 Å². The molecule has 0 heterocycles. The van der Waals surface area contributed by atoms with Gasteiger partial charge < -0.3 is 5.32 Å². The molecule has 0 bridgehead atoms. The third-order valence-corrected chi connectivity index (χ3v) is 3.66. The highest BCUT2D eigenvalue weighted by molar-refractivity contribution is 7.99. The minimum absolute atomic E-state index is 0.0248. The number of benzene rings is 1. The van der Waals surface area contributed by atoms with Gasteiger partial charge in [0.1, 0.15) is 5.82 Å². The summed E-state index contributed by atoms with van der Waals surface area (Å²) in [5.74, 6) is 0.217. The fourth-order valence-corrected chi connectivity index (χ4v) is 2.40. The third kappa shape index (κ3) is 3.68. The van der Waals surface area contributed by atoms with E-state index in [1.54, 1.807) is 13.1 Å². The van der Waals surface area contributed by atoms with Crippen molar-refractivity contribution in [2.45, 2.75) is 17.9 Å². The molecule has 1 amide bonds. The highest BCUT2D eigenvalue weighted by Gasteiger charge is 2.12. The monoisotopic (exact) mass is 261 g/mol. The Morgan fingerprint density at radius 3 is 2.88 bits per heavy atom. The molecule has 0 aromatic heterocycles. The summed E-state index contributed by atoms with van der Waals surface area (Å²) in [7, 11) is 1.60. The fraction of sp³-hybridized carbons (Fsp3) is 0.364. The highest BCUT2D eigenvalue weighted by atomic mass is 35.5. The standard InChI is InChI=1S/C11H13ClFNOS/c1-7(11(15)14-2)16-6-8-3-4-9(13)5-10(8)12/h3-5,7H,6H2,1-2H3,(H,14,15)/t7-/m1/s1. The van der Waals surface area contributed by atoms with Crippen molar-refractivity contribution < 1.29 is 9.18 Å². The molecule has 0 unspecified atom stereocenters. The molecule has 0 aliphatic heterocycles. The first kappa shape index (κ1) is 13.3. The lowest BCUT2D eigenvalue weighted by atomic mass is 10.2. The maximum atomic E-state index is 12.8. The van der Waals surface area contributed by atoms with E-state index in [0.29, 0.717) is 10.8 Å². The molecule has 88 valence electrons. The number of hydrogen-bond donors (Lipinski definition) is 1. The number of hydrogen-bond acceptors (Lipinski definition) is 2. The van der Waals surface area contributed by atoms with Gasteiger partial charge in [-0.1, -0.05) is 17.7 Å². The molecule has 1 rings (SSSR count). The first-order valence-electron chi connectivity index (χ1n) is 4.81. The summed E-state index contributed by atoms with van der Waals surface area (Å²) in [6, 6.07) is 4.29. The van der Waals surface area contributed by atoms with Gasteiger partial charge in [0.15, 0.2) is 0 Å². The van der Waals surface area contributed by atoms with Crippen molar-refractivity contribution in [3.63, 3.8) is 0 Å². The van der Waals surface area contributed by atoms with Gasteiger partial charge in [-0.3, -0.25) is 4.79 Å². The lowest BCUT2D eigenvalue weighted by Crippen LogP contribution is -2.27. The van der Waals surface area contributed by atoms with Gasteiger partial charge in [-0.2, -0.15) is 0 Å². The van der Waals surface area contributed by atoms with Gasteiger partial charge in [-0.05, 0) is 24.6 Å². The van der Waals surface area contributed by atoms with Crippen molar-refractivity contribution in [3.05, 3.63) is 34.6 Å². The Kier molecular flexibility index (Phi) is 5.09. The topological polar surface area (TPSA) is 29.1 Å². The van der Waals surface area contributed by atoms with E-state index in [-0.39, 0.29) is 17.0 Å². The summed E-state index contributed by atoms with van der Waals surface area (Å²) in [5.41, 5.74) is 0.837. The van der Waals surface area contributed by atoms with Gasteiger partial charge in [0, 0.05) is 17.8 Å². The molecule has 0 spiro atoms. The van der Waals surface area contributed by atoms with Gasteiger partial charge in [-0.15, -0.1) is 11.8 Å². The van der Waals surface area contributed by atoms with Crippen LogP contribution >= 0.6 is 23.4 Å². The Hall–Kier alpha value is -0.740. The molecule has 0 aliphatic carbocycles. The predicted octanol–water partition coefficient (Wildman–Crippen LogP) is 2.85. The molecule has 0 fully saturated rings. The Labute approximate surface area is 104 Å². The first-order valence-corrected chi connectivity index (χ1v) is 6.24. The fourth-order valence-electron chi connectivity index (χ4n) is 1.13. The average molecular weight is 262 g/mol. The average Bonchev–Trinajstić information content (AvgIpc) is 2.26. The Balaban J connectivity index is 2.58. The van der Waals surface area contributed by atoms with Gasteiger partial charge in [0.25, 0.3) is 0 Å². The summed E-state index contributed by atoms with van der Waals surface area (Å²) in [5, 5.41) is 2.82. The van der Waals surface area contributed by atoms with E-state index >= 15 is 0 Å². The van der Waals surface area contributed by atoms with Crippen LogP contribution in [0.15, 0.2) is 18.2 Å². The van der Waals surface area contributed by atoms with Gasteiger partial charge in [0.05, 0.1) is 5.25 Å². The van der Waals surface area contributed by atoms with E-state index in [1.807, 2.05) is 6.92 Å². The summed E-state index contributed by atoms with van der Waals surface area (Å²) in [6.45, 7) is 1.82. The zero-order chi connectivity index (χ0) is 12.1. The van der Waals surface area contributed by atoms with Crippen LogP contribution in [0.3, 0.4) is 0 Å². The van der Waals surface area contributed by atoms with E-state index in [4.69, 9.17) is 11.6 Å². The highest BCUT2D eigenvalue weighted by Crippen LogP contribution is 2.24. The SMILES string of the molecule is CNC(=O)[C@@H](C)SCc1ccc(F)cc1Cl. The largest absolute Gasteiger partial charge is 0.358 e. The van der Waals surface area contributed by atoms with Crippen LogP contribution in [0.5, 0.6) is 0 Å². The Morgan fingerprint density at radius 2 is 2.31 bits per heavy atom. The van der Waals surface area contributed by atoms with E-state index in [0.717, 1.165) is 5.56 Å². The number of amides is 1. The normalized spacial score (nSPS) is 12.2. The minimum Gasteiger partial charge on any atom is -0.358 e. The summed E-state index contributed by atoms with van der Waals surface area (Å²) < 4.78 is 12.8. The number of thioether (sulfide) groups is 1. The molecule has 0 saturated heterocycles.